The third kappa shape index (κ3) is 6.11. The molecule has 2 heterocycles. The number of nitrogens with one attached hydrogen (secondary N) is 2. The fourth-order valence-electron chi connectivity index (χ4n) is 4.17. The fraction of sp³-hybridized carbons (Fsp3) is 0.833. The number of hydrogen-bond acceptors (Lipinski definition) is 3. The number of halogens is 1. The molecule has 0 aromatic carbocycles. The minimum Gasteiger partial charge on any atom is -0.356 e. The predicted octanol–water partition coefficient (Wildman–Crippen LogP) is 3.54. The number of H-pyrrole nitrogens is 1. The maximum Gasteiger partial charge on any atom is 0.193 e. The number of aromatic amines is 1. The van der Waals surface area contributed by atoms with Crippen LogP contribution in [0.5, 0.6) is 0 Å². The Morgan fingerprint density at radius 2 is 2.00 bits per heavy atom. The van der Waals surface area contributed by atoms with Crippen LogP contribution in [0.15, 0.2) is 11.3 Å². The van der Waals surface area contributed by atoms with E-state index in [1.807, 2.05) is 7.05 Å². The summed E-state index contributed by atoms with van der Waals surface area (Å²) in [5.41, 5.74) is 0. The maximum absolute atomic E-state index is 4.47. The summed E-state index contributed by atoms with van der Waals surface area (Å²) in [6.45, 7) is 3.11. The molecule has 3 rings (SSSR count). The molecular weight excluding hydrogens is 427 g/mol. The molecule has 0 spiro atoms. The summed E-state index contributed by atoms with van der Waals surface area (Å²) in [4.78, 5) is 11.2. The summed E-state index contributed by atoms with van der Waals surface area (Å²) in [5, 5.41) is 10.5. The number of aliphatic imine (C=N–C) groups is 1. The topological polar surface area (TPSA) is 69.2 Å². The van der Waals surface area contributed by atoms with Gasteiger partial charge in [0.15, 0.2) is 5.96 Å². The molecule has 25 heavy (non-hydrogen) atoms. The van der Waals surface area contributed by atoms with E-state index >= 15 is 0 Å². The van der Waals surface area contributed by atoms with E-state index in [4.69, 9.17) is 0 Å². The van der Waals surface area contributed by atoms with Gasteiger partial charge in [0.2, 0.25) is 0 Å². The van der Waals surface area contributed by atoms with Crippen LogP contribution in [0.3, 0.4) is 0 Å². The number of hydrogen-bond donors (Lipinski definition) is 2. The van der Waals surface area contributed by atoms with Crippen LogP contribution in [-0.2, 0) is 0 Å². The molecule has 0 amide bonds. The molecule has 1 aliphatic carbocycles. The maximum atomic E-state index is 4.47. The third-order valence-corrected chi connectivity index (χ3v) is 5.62. The minimum atomic E-state index is 0. The third-order valence-electron chi connectivity index (χ3n) is 5.62. The molecule has 0 unspecified atom stereocenters. The lowest BCUT2D eigenvalue weighted by Crippen LogP contribution is -2.45. The van der Waals surface area contributed by atoms with Crippen molar-refractivity contribution in [2.75, 3.05) is 26.7 Å². The molecule has 0 atom stereocenters. The van der Waals surface area contributed by atoms with Crippen molar-refractivity contribution in [3.8, 4) is 0 Å². The molecule has 2 aliphatic rings. The minimum absolute atomic E-state index is 0. The summed E-state index contributed by atoms with van der Waals surface area (Å²) < 4.78 is 0. The molecule has 7 heteroatoms. The quantitative estimate of drug-likeness (QED) is 0.295. The lowest BCUT2D eigenvalue weighted by atomic mass is 9.96. The number of nitrogens with zero attached hydrogens (tertiary/aromatic N) is 4. The van der Waals surface area contributed by atoms with E-state index < -0.39 is 0 Å². The van der Waals surface area contributed by atoms with Gasteiger partial charge in [-0.3, -0.25) is 10.1 Å². The largest absolute Gasteiger partial charge is 0.356 e. The van der Waals surface area contributed by atoms with Crippen molar-refractivity contribution < 1.29 is 0 Å². The van der Waals surface area contributed by atoms with Crippen LogP contribution < -0.4 is 5.32 Å². The van der Waals surface area contributed by atoms with Gasteiger partial charge in [-0.25, -0.2) is 4.98 Å². The molecule has 1 aromatic heterocycles. The lowest BCUT2D eigenvalue weighted by Gasteiger charge is -2.33. The number of aromatic nitrogens is 3. The molecule has 0 bridgehead atoms. The van der Waals surface area contributed by atoms with Gasteiger partial charge in [-0.05, 0) is 25.2 Å². The molecule has 2 fully saturated rings. The van der Waals surface area contributed by atoms with Crippen molar-refractivity contribution in [1.29, 1.82) is 0 Å². The van der Waals surface area contributed by atoms with Crippen molar-refractivity contribution in [2.45, 2.75) is 63.7 Å². The molecule has 1 aromatic rings. The molecule has 1 aliphatic heterocycles. The van der Waals surface area contributed by atoms with Crippen LogP contribution in [0, 0.1) is 5.92 Å². The highest BCUT2D eigenvalue weighted by molar-refractivity contribution is 14.0. The van der Waals surface area contributed by atoms with Gasteiger partial charge in [-0.15, -0.1) is 24.0 Å². The zero-order chi connectivity index (χ0) is 16.6. The van der Waals surface area contributed by atoms with Gasteiger partial charge in [0.1, 0.15) is 12.2 Å². The Kier molecular flexibility index (Phi) is 8.98. The van der Waals surface area contributed by atoms with Crippen LogP contribution >= 0.6 is 24.0 Å². The van der Waals surface area contributed by atoms with Crippen LogP contribution in [0.1, 0.15) is 69.5 Å². The van der Waals surface area contributed by atoms with Gasteiger partial charge in [0.05, 0.1) is 0 Å². The van der Waals surface area contributed by atoms with Crippen LogP contribution in [0.2, 0.25) is 0 Å². The Morgan fingerprint density at radius 3 is 2.64 bits per heavy atom. The molecule has 6 nitrogen and oxygen atoms in total. The van der Waals surface area contributed by atoms with Gasteiger partial charge in [-0.2, -0.15) is 5.10 Å². The first-order valence-corrected chi connectivity index (χ1v) is 9.67. The first-order chi connectivity index (χ1) is 11.9. The van der Waals surface area contributed by atoms with Crippen molar-refractivity contribution >= 4 is 29.9 Å². The van der Waals surface area contributed by atoms with E-state index in [-0.39, 0.29) is 24.0 Å². The Hall–Kier alpha value is -0.860. The van der Waals surface area contributed by atoms with Crippen molar-refractivity contribution in [1.82, 2.24) is 25.4 Å². The Balaban J connectivity index is 0.00000225. The Morgan fingerprint density at radius 1 is 1.24 bits per heavy atom. The predicted molar refractivity (Wildman–Crippen MR) is 113 cm³/mol. The van der Waals surface area contributed by atoms with Crippen LogP contribution in [-0.4, -0.2) is 52.7 Å². The van der Waals surface area contributed by atoms with E-state index in [2.05, 4.69) is 30.4 Å². The van der Waals surface area contributed by atoms with Crippen LogP contribution in [0.25, 0.3) is 0 Å². The van der Waals surface area contributed by atoms with Gasteiger partial charge in [0.25, 0.3) is 0 Å². The van der Waals surface area contributed by atoms with E-state index in [0.29, 0.717) is 5.92 Å². The SMILES string of the molecule is CN=C(NCCCCC1CCCC1)N1CCC(c2ncn[nH]2)CC1.I. The highest BCUT2D eigenvalue weighted by Crippen LogP contribution is 2.29. The molecular formula is C18H33IN6. The second-order valence-corrected chi connectivity index (χ2v) is 7.25. The summed E-state index contributed by atoms with van der Waals surface area (Å²) in [7, 11) is 1.89. The summed E-state index contributed by atoms with van der Waals surface area (Å²) in [5.74, 6) is 3.61. The molecule has 1 saturated carbocycles. The van der Waals surface area contributed by atoms with E-state index in [9.17, 15) is 0 Å². The number of likely N-dealkylation sites (tertiary alicyclic amines) is 1. The second-order valence-electron chi connectivity index (χ2n) is 7.25. The van der Waals surface area contributed by atoms with Crippen LogP contribution in [0.4, 0.5) is 0 Å². The van der Waals surface area contributed by atoms with E-state index in [0.717, 1.165) is 50.2 Å². The average molecular weight is 460 g/mol. The van der Waals surface area contributed by atoms with E-state index in [1.54, 1.807) is 6.33 Å². The summed E-state index contributed by atoms with van der Waals surface area (Å²) in [6.07, 6.45) is 13.7. The van der Waals surface area contributed by atoms with Crippen molar-refractivity contribution in [3.05, 3.63) is 12.2 Å². The zero-order valence-corrected chi connectivity index (χ0v) is 17.7. The Labute approximate surface area is 168 Å². The normalized spacial score (nSPS) is 19.9. The highest BCUT2D eigenvalue weighted by atomic mass is 127. The number of piperidine rings is 1. The van der Waals surface area contributed by atoms with Gasteiger partial charge in [-0.1, -0.05) is 38.5 Å². The number of guanidine groups is 1. The van der Waals surface area contributed by atoms with Gasteiger partial charge in [0, 0.05) is 32.6 Å². The monoisotopic (exact) mass is 460 g/mol. The van der Waals surface area contributed by atoms with Gasteiger partial charge < -0.3 is 10.2 Å². The fourth-order valence-corrected chi connectivity index (χ4v) is 4.17. The molecule has 142 valence electrons. The Bertz CT molecular complexity index is 490. The summed E-state index contributed by atoms with van der Waals surface area (Å²) >= 11 is 0. The first kappa shape index (κ1) is 20.5. The number of rotatable bonds is 6. The highest BCUT2D eigenvalue weighted by Gasteiger charge is 2.24. The zero-order valence-electron chi connectivity index (χ0n) is 15.4. The lowest BCUT2D eigenvalue weighted by molar-refractivity contribution is 0.298. The van der Waals surface area contributed by atoms with Crippen molar-refractivity contribution in [2.24, 2.45) is 10.9 Å². The number of unbranched alkanes of at least 4 members (excludes halogenated alkanes) is 1. The molecule has 2 N–H and O–H groups in total. The smallest absolute Gasteiger partial charge is 0.193 e. The second kappa shape index (κ2) is 11.0. The molecule has 0 radical (unpaired) electrons. The van der Waals surface area contributed by atoms with Crippen molar-refractivity contribution in [3.63, 3.8) is 0 Å². The average Bonchev–Trinajstić information content (AvgIpc) is 3.32. The summed E-state index contributed by atoms with van der Waals surface area (Å²) in [6, 6.07) is 0. The standard InChI is InChI=1S/C18H32N6.HI/c1-19-18(20-11-5-4-8-15-6-2-3-7-15)24-12-9-16(10-13-24)17-21-14-22-23-17;/h14-16H,2-13H2,1H3,(H,19,20)(H,21,22,23);1H. The van der Waals surface area contributed by atoms with Gasteiger partial charge >= 0.3 is 0 Å². The molecule has 1 saturated heterocycles. The van der Waals surface area contributed by atoms with E-state index in [1.165, 1.54) is 44.9 Å². The first-order valence-electron chi connectivity index (χ1n) is 9.67.